The highest BCUT2D eigenvalue weighted by Crippen LogP contribution is 2.28. The summed E-state index contributed by atoms with van der Waals surface area (Å²) >= 11 is 0. The van der Waals surface area contributed by atoms with E-state index in [-0.39, 0.29) is 6.61 Å². The number of fused-ring (bicyclic) bond motifs is 1. The van der Waals surface area contributed by atoms with Gasteiger partial charge in [0.05, 0.1) is 6.61 Å². The van der Waals surface area contributed by atoms with Crippen LogP contribution in [-0.2, 0) is 14.2 Å². The summed E-state index contributed by atoms with van der Waals surface area (Å²) in [5.74, 6) is 0. The van der Waals surface area contributed by atoms with Crippen molar-refractivity contribution in [2.75, 3.05) is 6.61 Å². The fourth-order valence-corrected chi connectivity index (χ4v) is 2.46. The van der Waals surface area contributed by atoms with Crippen molar-refractivity contribution in [2.45, 2.75) is 37.0 Å². The van der Waals surface area contributed by atoms with Crippen molar-refractivity contribution < 1.29 is 29.5 Å². The van der Waals surface area contributed by atoms with Gasteiger partial charge in [-0.3, -0.25) is 0 Å². The molecule has 2 fully saturated rings. The second kappa shape index (κ2) is 6.23. The summed E-state index contributed by atoms with van der Waals surface area (Å²) < 4.78 is 16.2. The second-order valence-electron chi connectivity index (χ2n) is 5.12. The average Bonchev–Trinajstić information content (AvgIpc) is 2.52. The Morgan fingerprint density at radius 2 is 1.76 bits per heavy atom. The van der Waals surface area contributed by atoms with Crippen LogP contribution in [0.4, 0.5) is 0 Å². The highest BCUT2D eigenvalue weighted by molar-refractivity contribution is 5.49. The topological polar surface area (TPSA) is 88.4 Å². The van der Waals surface area contributed by atoms with Crippen molar-refractivity contribution in [2.24, 2.45) is 0 Å². The van der Waals surface area contributed by atoms with Crippen LogP contribution in [0.1, 0.15) is 5.56 Å². The number of benzene rings is 1. The summed E-state index contributed by atoms with van der Waals surface area (Å²) in [4.78, 5) is 0. The lowest BCUT2D eigenvalue weighted by Gasteiger charge is -2.44. The molecule has 3 rings (SSSR count). The summed E-state index contributed by atoms with van der Waals surface area (Å²) in [5.41, 5.74) is 1.00. The van der Waals surface area contributed by atoms with Crippen molar-refractivity contribution >= 4 is 6.08 Å². The van der Waals surface area contributed by atoms with Crippen molar-refractivity contribution in [3.8, 4) is 0 Å². The molecule has 114 valence electrons. The molecular weight excluding hydrogens is 276 g/mol. The minimum atomic E-state index is -1.43. The third-order valence-electron chi connectivity index (χ3n) is 3.62. The Morgan fingerprint density at radius 3 is 2.52 bits per heavy atom. The van der Waals surface area contributed by atoms with Crippen LogP contribution in [-0.4, -0.2) is 58.9 Å². The van der Waals surface area contributed by atoms with E-state index in [9.17, 15) is 15.3 Å². The summed E-state index contributed by atoms with van der Waals surface area (Å²) in [6.45, 7) is 0.176. The number of aliphatic hydroxyl groups excluding tert-OH is 3. The van der Waals surface area contributed by atoms with Gasteiger partial charge < -0.3 is 29.5 Å². The zero-order chi connectivity index (χ0) is 14.8. The average molecular weight is 294 g/mol. The van der Waals surface area contributed by atoms with Crippen LogP contribution in [0, 0.1) is 0 Å². The van der Waals surface area contributed by atoms with Crippen molar-refractivity contribution in [1.82, 2.24) is 0 Å². The molecule has 2 unspecified atom stereocenters. The number of hydrogen-bond donors (Lipinski definition) is 3. The highest BCUT2D eigenvalue weighted by atomic mass is 16.7. The molecule has 2 aliphatic rings. The molecule has 2 aliphatic heterocycles. The molecule has 3 N–H and O–H groups in total. The molecule has 0 amide bonds. The lowest BCUT2D eigenvalue weighted by Crippen LogP contribution is -2.62. The van der Waals surface area contributed by atoms with Crippen molar-refractivity contribution in [1.29, 1.82) is 0 Å². The molecule has 0 saturated carbocycles. The summed E-state index contributed by atoms with van der Waals surface area (Å²) in [5, 5.41) is 29.0. The summed E-state index contributed by atoms with van der Waals surface area (Å²) in [6, 6.07) is 9.67. The van der Waals surface area contributed by atoms with Gasteiger partial charge >= 0.3 is 0 Å². The Morgan fingerprint density at radius 1 is 1.00 bits per heavy atom. The number of aliphatic hydroxyl groups is 3. The maximum Gasteiger partial charge on any atom is 0.184 e. The van der Waals surface area contributed by atoms with Gasteiger partial charge in [-0.25, -0.2) is 0 Å². The Balaban J connectivity index is 1.65. The molecule has 6 nitrogen and oxygen atoms in total. The van der Waals surface area contributed by atoms with E-state index in [0.29, 0.717) is 0 Å². The molecule has 0 aromatic heterocycles. The van der Waals surface area contributed by atoms with Crippen LogP contribution in [0.2, 0.25) is 0 Å². The Bertz CT molecular complexity index is 488. The standard InChI is InChI=1S/C15H18O6/c16-12-13(17)15(18)20-10-8-19-11(21-14(10)12)7-6-9-4-2-1-3-5-9/h1-7,10-18H,8H2/t10-,11?,12-,13-,14-,15?/m1/s1. The third-order valence-corrected chi connectivity index (χ3v) is 3.62. The zero-order valence-electron chi connectivity index (χ0n) is 11.3. The molecule has 0 bridgehead atoms. The van der Waals surface area contributed by atoms with E-state index < -0.39 is 37.0 Å². The van der Waals surface area contributed by atoms with E-state index in [0.717, 1.165) is 5.56 Å². The molecule has 2 heterocycles. The van der Waals surface area contributed by atoms with Crippen LogP contribution in [0.3, 0.4) is 0 Å². The van der Waals surface area contributed by atoms with Crippen LogP contribution in [0.5, 0.6) is 0 Å². The minimum Gasteiger partial charge on any atom is -0.387 e. The summed E-state index contributed by atoms with van der Waals surface area (Å²) in [7, 11) is 0. The fourth-order valence-electron chi connectivity index (χ4n) is 2.46. The molecule has 6 heteroatoms. The monoisotopic (exact) mass is 294 g/mol. The Labute approximate surface area is 122 Å². The molecule has 0 radical (unpaired) electrons. The molecule has 0 aliphatic carbocycles. The van der Waals surface area contributed by atoms with Gasteiger partial charge in [0, 0.05) is 0 Å². The lowest BCUT2D eigenvalue weighted by atomic mass is 9.98. The summed E-state index contributed by atoms with van der Waals surface area (Å²) in [6.07, 6.45) is -2.40. The molecule has 0 spiro atoms. The van der Waals surface area contributed by atoms with E-state index >= 15 is 0 Å². The quantitative estimate of drug-likeness (QED) is 0.705. The minimum absolute atomic E-state index is 0.176. The molecule has 2 saturated heterocycles. The largest absolute Gasteiger partial charge is 0.387 e. The number of rotatable bonds is 2. The van der Waals surface area contributed by atoms with Gasteiger partial charge in [-0.15, -0.1) is 0 Å². The number of ether oxygens (including phenoxy) is 3. The van der Waals surface area contributed by atoms with Gasteiger partial charge in [0.1, 0.15) is 24.4 Å². The van der Waals surface area contributed by atoms with E-state index in [1.807, 2.05) is 36.4 Å². The zero-order valence-corrected chi connectivity index (χ0v) is 11.3. The maximum atomic E-state index is 9.95. The SMILES string of the molecule is OC1O[C@@H]2COC(C=Cc3ccccc3)O[C@H]2[C@H](O)[C@H]1O. The molecule has 1 aromatic rings. The van der Waals surface area contributed by atoms with Gasteiger partial charge in [0.25, 0.3) is 0 Å². The predicted molar refractivity (Wildman–Crippen MR) is 73.0 cm³/mol. The third kappa shape index (κ3) is 3.16. The van der Waals surface area contributed by atoms with Crippen LogP contribution < -0.4 is 0 Å². The first-order valence-corrected chi connectivity index (χ1v) is 6.85. The van der Waals surface area contributed by atoms with E-state index in [1.165, 1.54) is 0 Å². The van der Waals surface area contributed by atoms with Crippen LogP contribution in [0.15, 0.2) is 36.4 Å². The van der Waals surface area contributed by atoms with Gasteiger partial charge in [-0.1, -0.05) is 36.4 Å². The normalized spacial score (nSPS) is 40.1. The first-order valence-electron chi connectivity index (χ1n) is 6.85. The fraction of sp³-hybridized carbons (Fsp3) is 0.467. The lowest BCUT2D eigenvalue weighted by molar-refractivity contribution is -0.343. The predicted octanol–water partition coefficient (Wildman–Crippen LogP) is -0.120. The first kappa shape index (κ1) is 14.6. The van der Waals surface area contributed by atoms with Crippen LogP contribution in [0.25, 0.3) is 6.08 Å². The van der Waals surface area contributed by atoms with Gasteiger partial charge in [0.2, 0.25) is 0 Å². The number of hydrogen-bond acceptors (Lipinski definition) is 6. The van der Waals surface area contributed by atoms with Crippen LogP contribution >= 0.6 is 0 Å². The Hall–Kier alpha value is -1.28. The molecule has 1 aromatic carbocycles. The maximum absolute atomic E-state index is 9.95. The van der Waals surface area contributed by atoms with Crippen molar-refractivity contribution in [3.63, 3.8) is 0 Å². The second-order valence-corrected chi connectivity index (χ2v) is 5.12. The molecule has 6 atom stereocenters. The molecular formula is C15H18O6. The Kier molecular flexibility index (Phi) is 4.34. The van der Waals surface area contributed by atoms with E-state index in [2.05, 4.69) is 0 Å². The van der Waals surface area contributed by atoms with Gasteiger partial charge in [-0.05, 0) is 11.6 Å². The van der Waals surface area contributed by atoms with E-state index in [1.54, 1.807) is 6.08 Å². The first-order chi connectivity index (χ1) is 10.1. The smallest absolute Gasteiger partial charge is 0.184 e. The highest BCUT2D eigenvalue weighted by Gasteiger charge is 2.47. The van der Waals surface area contributed by atoms with E-state index in [4.69, 9.17) is 14.2 Å². The van der Waals surface area contributed by atoms with Gasteiger partial charge in [0.15, 0.2) is 12.6 Å². The van der Waals surface area contributed by atoms with Crippen molar-refractivity contribution in [3.05, 3.63) is 42.0 Å². The van der Waals surface area contributed by atoms with Gasteiger partial charge in [-0.2, -0.15) is 0 Å². The molecule has 21 heavy (non-hydrogen) atoms.